The molecule has 1 aromatic carbocycles. The van der Waals surface area contributed by atoms with Crippen LogP contribution in [0.5, 0.6) is 0 Å². The number of ether oxygens (including phenoxy) is 1. The number of carbonyl (C=O) groups excluding carboxylic acids is 2. The summed E-state index contributed by atoms with van der Waals surface area (Å²) < 4.78 is 20.3. The third kappa shape index (κ3) is 3.79. The van der Waals surface area contributed by atoms with Crippen molar-refractivity contribution in [3.8, 4) is 0 Å². The molecule has 1 aliphatic heterocycles. The van der Waals surface area contributed by atoms with Crippen LogP contribution < -0.4 is 0 Å². The number of nitrogens with zero attached hydrogens (tertiary/aromatic N) is 2. The molecule has 6 heteroatoms. The minimum Gasteiger partial charge on any atom is -0.365 e. The fraction of sp³-hybridized carbons (Fsp3) is 0.636. The minimum atomic E-state index is -0.665. The Bertz CT molecular complexity index is 732. The Balaban J connectivity index is 1.72. The van der Waals surface area contributed by atoms with Crippen molar-refractivity contribution >= 4 is 11.8 Å². The number of amides is 2. The summed E-state index contributed by atoms with van der Waals surface area (Å²) in [4.78, 5) is 29.6. The standard InChI is InChI=1S/C22H31FN2O3/c1-4-16-8-9-18(19(23)14-16)20(26)25-13-12-24(15-17(25)5-2)21(27)22(28-6-3)10-7-11-22/h8-9,14,17H,4-7,10-13,15H2,1-3H3. The maximum Gasteiger partial charge on any atom is 0.257 e. The van der Waals surface area contributed by atoms with E-state index in [1.807, 2.05) is 25.7 Å². The van der Waals surface area contributed by atoms with Crippen LogP contribution in [0.3, 0.4) is 0 Å². The van der Waals surface area contributed by atoms with Gasteiger partial charge in [0.25, 0.3) is 11.8 Å². The van der Waals surface area contributed by atoms with Crippen LogP contribution in [0.25, 0.3) is 0 Å². The fourth-order valence-electron chi connectivity index (χ4n) is 4.25. The van der Waals surface area contributed by atoms with E-state index in [0.717, 1.165) is 31.2 Å². The first-order valence-electron chi connectivity index (χ1n) is 10.5. The molecule has 154 valence electrons. The summed E-state index contributed by atoms with van der Waals surface area (Å²) in [5, 5.41) is 0. The van der Waals surface area contributed by atoms with Crippen molar-refractivity contribution in [3.05, 3.63) is 35.1 Å². The monoisotopic (exact) mass is 390 g/mol. The highest BCUT2D eigenvalue weighted by Gasteiger charge is 2.48. The highest BCUT2D eigenvalue weighted by atomic mass is 19.1. The van der Waals surface area contributed by atoms with Crippen LogP contribution in [0.1, 0.15) is 62.4 Å². The molecule has 0 spiro atoms. The summed E-state index contributed by atoms with van der Waals surface area (Å²) in [6.07, 6.45) is 3.99. The van der Waals surface area contributed by atoms with Crippen molar-refractivity contribution in [1.29, 1.82) is 0 Å². The van der Waals surface area contributed by atoms with Gasteiger partial charge >= 0.3 is 0 Å². The zero-order chi connectivity index (χ0) is 20.3. The smallest absolute Gasteiger partial charge is 0.257 e. The SMILES string of the molecule is CCOC1(C(=O)N2CCN(C(=O)c3ccc(CC)cc3F)C(CC)C2)CCC1. The number of aryl methyl sites for hydroxylation is 1. The van der Waals surface area contributed by atoms with Gasteiger partial charge in [-0.2, -0.15) is 0 Å². The summed E-state index contributed by atoms with van der Waals surface area (Å²) in [6.45, 7) is 7.74. The van der Waals surface area contributed by atoms with Gasteiger partial charge in [0.1, 0.15) is 11.4 Å². The Morgan fingerprint density at radius 2 is 1.96 bits per heavy atom. The van der Waals surface area contributed by atoms with E-state index < -0.39 is 11.4 Å². The molecule has 2 aliphatic rings. The van der Waals surface area contributed by atoms with Crippen molar-refractivity contribution in [2.24, 2.45) is 0 Å². The average molecular weight is 390 g/mol. The van der Waals surface area contributed by atoms with Gasteiger partial charge in [0, 0.05) is 32.3 Å². The Labute approximate surface area is 166 Å². The van der Waals surface area contributed by atoms with Gasteiger partial charge in [-0.15, -0.1) is 0 Å². The molecule has 1 atom stereocenters. The predicted molar refractivity (Wildman–Crippen MR) is 106 cm³/mol. The van der Waals surface area contributed by atoms with Crippen molar-refractivity contribution < 1.29 is 18.7 Å². The van der Waals surface area contributed by atoms with Gasteiger partial charge in [-0.1, -0.05) is 19.9 Å². The van der Waals surface area contributed by atoms with Crippen molar-refractivity contribution in [1.82, 2.24) is 9.80 Å². The van der Waals surface area contributed by atoms with Crippen LogP contribution in [-0.2, 0) is 16.0 Å². The Morgan fingerprint density at radius 1 is 1.21 bits per heavy atom. The number of carbonyl (C=O) groups is 2. The van der Waals surface area contributed by atoms with Crippen LogP contribution in [0, 0.1) is 5.82 Å². The largest absolute Gasteiger partial charge is 0.365 e. The quantitative estimate of drug-likeness (QED) is 0.748. The number of halogens is 1. The van der Waals surface area contributed by atoms with E-state index in [-0.39, 0.29) is 23.4 Å². The van der Waals surface area contributed by atoms with Gasteiger partial charge in [-0.3, -0.25) is 9.59 Å². The number of hydrogen-bond acceptors (Lipinski definition) is 3. The van der Waals surface area contributed by atoms with Gasteiger partial charge in [-0.05, 0) is 56.7 Å². The molecule has 1 aliphatic carbocycles. The molecule has 1 heterocycles. The molecule has 1 aromatic rings. The first-order chi connectivity index (χ1) is 13.5. The number of piperazine rings is 1. The second-order valence-corrected chi connectivity index (χ2v) is 7.76. The second kappa shape index (κ2) is 8.60. The van der Waals surface area contributed by atoms with E-state index in [4.69, 9.17) is 4.74 Å². The van der Waals surface area contributed by atoms with Crippen LogP contribution in [0.2, 0.25) is 0 Å². The zero-order valence-corrected chi connectivity index (χ0v) is 17.2. The first-order valence-corrected chi connectivity index (χ1v) is 10.5. The minimum absolute atomic E-state index is 0.0460. The molecule has 0 radical (unpaired) electrons. The van der Waals surface area contributed by atoms with Crippen molar-refractivity contribution in [3.63, 3.8) is 0 Å². The van der Waals surface area contributed by atoms with E-state index in [9.17, 15) is 14.0 Å². The molecule has 3 rings (SSSR count). The number of hydrogen-bond donors (Lipinski definition) is 0. The summed E-state index contributed by atoms with van der Waals surface area (Å²) >= 11 is 0. The highest BCUT2D eigenvalue weighted by molar-refractivity contribution is 5.95. The normalized spacial score (nSPS) is 21.4. The third-order valence-corrected chi connectivity index (χ3v) is 6.15. The topological polar surface area (TPSA) is 49.9 Å². The lowest BCUT2D eigenvalue weighted by molar-refractivity contribution is -0.173. The maximum atomic E-state index is 14.4. The highest BCUT2D eigenvalue weighted by Crippen LogP contribution is 2.38. The lowest BCUT2D eigenvalue weighted by Gasteiger charge is -2.47. The van der Waals surface area contributed by atoms with Gasteiger partial charge in [0.05, 0.1) is 5.56 Å². The Hall–Kier alpha value is -1.95. The van der Waals surface area contributed by atoms with Crippen molar-refractivity contribution in [2.75, 3.05) is 26.2 Å². The van der Waals surface area contributed by atoms with E-state index in [1.165, 1.54) is 6.07 Å². The molecule has 2 amide bonds. The Kier molecular flexibility index (Phi) is 6.38. The molecule has 1 saturated heterocycles. The van der Waals surface area contributed by atoms with Crippen LogP contribution in [0.4, 0.5) is 4.39 Å². The average Bonchev–Trinajstić information content (AvgIpc) is 2.69. The first kappa shape index (κ1) is 20.8. The summed E-state index contributed by atoms with van der Waals surface area (Å²) in [5.41, 5.74) is 0.319. The van der Waals surface area contributed by atoms with Gasteiger partial charge in [0.2, 0.25) is 0 Å². The molecule has 0 bridgehead atoms. The molecule has 1 saturated carbocycles. The van der Waals surface area contributed by atoms with Gasteiger partial charge in [0.15, 0.2) is 0 Å². The molecule has 0 aromatic heterocycles. The van der Waals surface area contributed by atoms with E-state index in [2.05, 4.69) is 0 Å². The molecule has 5 nitrogen and oxygen atoms in total. The lowest BCUT2D eigenvalue weighted by atomic mass is 9.78. The molecule has 0 N–H and O–H groups in total. The predicted octanol–water partition coefficient (Wildman–Crippen LogP) is 3.41. The van der Waals surface area contributed by atoms with Gasteiger partial charge < -0.3 is 14.5 Å². The van der Waals surface area contributed by atoms with Crippen LogP contribution in [0.15, 0.2) is 18.2 Å². The molecular weight excluding hydrogens is 359 g/mol. The van der Waals surface area contributed by atoms with E-state index >= 15 is 0 Å². The molecule has 1 unspecified atom stereocenters. The van der Waals surface area contributed by atoms with Crippen molar-refractivity contribution in [2.45, 2.75) is 64.5 Å². The third-order valence-electron chi connectivity index (χ3n) is 6.15. The van der Waals surface area contributed by atoms with E-state index in [0.29, 0.717) is 32.7 Å². The summed E-state index contributed by atoms with van der Waals surface area (Å²) in [7, 11) is 0. The van der Waals surface area contributed by atoms with Crippen LogP contribution >= 0.6 is 0 Å². The lowest BCUT2D eigenvalue weighted by Crippen LogP contribution is -2.62. The fourth-order valence-corrected chi connectivity index (χ4v) is 4.25. The summed E-state index contributed by atoms with van der Waals surface area (Å²) in [5.74, 6) is -0.714. The summed E-state index contributed by atoms with van der Waals surface area (Å²) in [6, 6.07) is 4.71. The molecule has 2 fully saturated rings. The molecule has 28 heavy (non-hydrogen) atoms. The van der Waals surface area contributed by atoms with E-state index in [1.54, 1.807) is 17.0 Å². The van der Waals surface area contributed by atoms with Gasteiger partial charge in [-0.25, -0.2) is 4.39 Å². The zero-order valence-electron chi connectivity index (χ0n) is 17.2. The second-order valence-electron chi connectivity index (χ2n) is 7.76. The number of rotatable bonds is 6. The molecular formula is C22H31FN2O3. The van der Waals surface area contributed by atoms with Crippen LogP contribution in [-0.4, -0.2) is 59.5 Å². The number of benzene rings is 1. The Morgan fingerprint density at radius 3 is 2.50 bits per heavy atom. The maximum absolute atomic E-state index is 14.4.